The molecule has 0 unspecified atom stereocenters. The third kappa shape index (κ3) is 4.27. The highest BCUT2D eigenvalue weighted by atomic mass is 35.5. The lowest BCUT2D eigenvalue weighted by Gasteiger charge is -2.14. The lowest BCUT2D eigenvalue weighted by atomic mass is 10.0. The summed E-state index contributed by atoms with van der Waals surface area (Å²) in [4.78, 5) is 14.1. The largest absolute Gasteiger partial charge is 0.480 e. The van der Waals surface area contributed by atoms with Crippen LogP contribution in [0.1, 0.15) is 25.3 Å². The van der Waals surface area contributed by atoms with E-state index in [2.05, 4.69) is 10.3 Å². The van der Waals surface area contributed by atoms with Gasteiger partial charge in [0.25, 0.3) is 0 Å². The van der Waals surface area contributed by atoms with E-state index in [1.807, 2.05) is 19.9 Å². The van der Waals surface area contributed by atoms with E-state index in [9.17, 15) is 9.18 Å². The maximum atomic E-state index is 13.9. The summed E-state index contributed by atoms with van der Waals surface area (Å²) >= 11 is 12.0. The van der Waals surface area contributed by atoms with Crippen LogP contribution in [0, 0.1) is 5.95 Å². The summed E-state index contributed by atoms with van der Waals surface area (Å²) < 4.78 is 19.5. The van der Waals surface area contributed by atoms with Gasteiger partial charge in [-0.15, -0.1) is 0 Å². The van der Waals surface area contributed by atoms with Crippen LogP contribution in [0.15, 0.2) is 24.3 Å². The fourth-order valence-corrected chi connectivity index (χ4v) is 2.38. The first-order chi connectivity index (χ1) is 11.3. The molecule has 0 saturated heterocycles. The number of hydrogen-bond donors (Lipinski definition) is 2. The van der Waals surface area contributed by atoms with Crippen LogP contribution < -0.4 is 10.1 Å². The van der Waals surface area contributed by atoms with Gasteiger partial charge in [0.2, 0.25) is 5.95 Å². The Balaban J connectivity index is 2.38. The van der Waals surface area contributed by atoms with E-state index >= 15 is 0 Å². The molecule has 1 aromatic heterocycles. The summed E-state index contributed by atoms with van der Waals surface area (Å²) in [6.45, 7) is 3.58. The van der Waals surface area contributed by atoms with Crippen molar-refractivity contribution in [1.82, 2.24) is 4.98 Å². The maximum absolute atomic E-state index is 13.9. The van der Waals surface area contributed by atoms with Gasteiger partial charge in [-0.05, 0) is 23.6 Å². The lowest BCUT2D eigenvalue weighted by Crippen LogP contribution is -2.14. The number of halogens is 3. The number of nitrogens with one attached hydrogen (secondary N) is 1. The standard InChI is InChI=1S/C16H15Cl2FN2O3/c1-8(2)9-4-3-5-10(6-9)24-14-12(17)15(19)21-16(13(14)18)20-7-11(22)23/h3-6,8H,7H2,1-2H3,(H,20,21)(H,22,23). The van der Waals surface area contributed by atoms with Crippen LogP contribution in [-0.2, 0) is 4.79 Å². The molecule has 0 saturated carbocycles. The number of hydrogen-bond acceptors (Lipinski definition) is 4. The number of ether oxygens (including phenoxy) is 1. The minimum Gasteiger partial charge on any atom is -0.480 e. The van der Waals surface area contributed by atoms with Crippen molar-refractivity contribution in [3.63, 3.8) is 0 Å². The van der Waals surface area contributed by atoms with Gasteiger partial charge < -0.3 is 15.2 Å². The molecule has 1 heterocycles. The molecule has 0 atom stereocenters. The van der Waals surface area contributed by atoms with E-state index in [1.54, 1.807) is 18.2 Å². The molecule has 128 valence electrons. The smallest absolute Gasteiger partial charge is 0.322 e. The van der Waals surface area contributed by atoms with Gasteiger partial charge in [0.1, 0.15) is 22.3 Å². The van der Waals surface area contributed by atoms with Crippen LogP contribution in [0.2, 0.25) is 10.0 Å². The Labute approximate surface area is 148 Å². The molecule has 0 aliphatic heterocycles. The van der Waals surface area contributed by atoms with Crippen LogP contribution in [0.3, 0.4) is 0 Å². The number of nitrogens with zero attached hydrogens (tertiary/aromatic N) is 1. The second-order valence-corrected chi connectivity index (χ2v) is 6.04. The van der Waals surface area contributed by atoms with E-state index in [1.165, 1.54) is 0 Å². The van der Waals surface area contributed by atoms with Crippen molar-refractivity contribution < 1.29 is 19.0 Å². The molecule has 2 N–H and O–H groups in total. The number of carboxylic acid groups (broad SMARTS) is 1. The van der Waals surface area contributed by atoms with Gasteiger partial charge in [-0.3, -0.25) is 4.79 Å². The van der Waals surface area contributed by atoms with Crippen molar-refractivity contribution in [2.24, 2.45) is 0 Å². The molecule has 0 fully saturated rings. The van der Waals surface area contributed by atoms with Crippen molar-refractivity contribution in [1.29, 1.82) is 0 Å². The fraction of sp³-hybridized carbons (Fsp3) is 0.250. The second-order valence-electron chi connectivity index (χ2n) is 5.28. The van der Waals surface area contributed by atoms with Gasteiger partial charge in [0.15, 0.2) is 11.6 Å². The first-order valence-electron chi connectivity index (χ1n) is 7.07. The van der Waals surface area contributed by atoms with E-state index in [4.69, 9.17) is 33.0 Å². The van der Waals surface area contributed by atoms with Crippen molar-refractivity contribution in [2.45, 2.75) is 19.8 Å². The SMILES string of the molecule is CC(C)c1cccc(Oc2c(Cl)c(F)nc(NCC(=O)O)c2Cl)c1. The van der Waals surface area contributed by atoms with Gasteiger partial charge in [0, 0.05) is 0 Å². The Kier molecular flexibility index (Phi) is 5.85. The van der Waals surface area contributed by atoms with Crippen molar-refractivity contribution in [3.05, 3.63) is 45.8 Å². The zero-order valence-electron chi connectivity index (χ0n) is 12.9. The third-order valence-corrected chi connectivity index (χ3v) is 3.83. The molecule has 0 radical (unpaired) electrons. The number of pyridine rings is 1. The second kappa shape index (κ2) is 7.68. The van der Waals surface area contributed by atoms with Gasteiger partial charge in [0.05, 0.1) is 0 Å². The highest BCUT2D eigenvalue weighted by Crippen LogP contribution is 2.41. The predicted molar refractivity (Wildman–Crippen MR) is 90.9 cm³/mol. The summed E-state index contributed by atoms with van der Waals surface area (Å²) in [6.07, 6.45) is 0. The molecule has 2 rings (SSSR count). The van der Waals surface area contributed by atoms with E-state index in [0.29, 0.717) is 5.75 Å². The molecule has 8 heteroatoms. The predicted octanol–water partition coefficient (Wildman–Crippen LogP) is 4.94. The topological polar surface area (TPSA) is 71.5 Å². The molecule has 0 bridgehead atoms. The minimum atomic E-state index is -1.14. The lowest BCUT2D eigenvalue weighted by molar-refractivity contribution is -0.134. The summed E-state index contributed by atoms with van der Waals surface area (Å²) in [7, 11) is 0. The summed E-state index contributed by atoms with van der Waals surface area (Å²) in [5.41, 5.74) is 1.03. The van der Waals surface area contributed by atoms with Crippen LogP contribution in [0.4, 0.5) is 10.2 Å². The third-order valence-electron chi connectivity index (χ3n) is 3.15. The van der Waals surface area contributed by atoms with Crippen LogP contribution in [-0.4, -0.2) is 22.6 Å². The van der Waals surface area contributed by atoms with Crippen molar-refractivity contribution >= 4 is 35.0 Å². The van der Waals surface area contributed by atoms with Crippen molar-refractivity contribution in [2.75, 3.05) is 11.9 Å². The van der Waals surface area contributed by atoms with Crippen molar-refractivity contribution in [3.8, 4) is 11.5 Å². The number of carbonyl (C=O) groups is 1. The molecule has 0 spiro atoms. The summed E-state index contributed by atoms with van der Waals surface area (Å²) in [5.74, 6) is -1.73. The number of aromatic nitrogens is 1. The zero-order valence-corrected chi connectivity index (χ0v) is 14.5. The zero-order chi connectivity index (χ0) is 17.9. The first kappa shape index (κ1) is 18.3. The number of anilines is 1. The Morgan fingerprint density at radius 3 is 2.71 bits per heavy atom. The normalized spacial score (nSPS) is 10.8. The Morgan fingerprint density at radius 1 is 1.38 bits per heavy atom. The van der Waals surface area contributed by atoms with Crippen LogP contribution in [0.5, 0.6) is 11.5 Å². The summed E-state index contributed by atoms with van der Waals surface area (Å²) in [5, 5.41) is 10.6. The first-order valence-corrected chi connectivity index (χ1v) is 7.83. The molecule has 2 aromatic rings. The Morgan fingerprint density at radius 2 is 2.08 bits per heavy atom. The van der Waals surface area contributed by atoms with Crippen LogP contribution in [0.25, 0.3) is 0 Å². The molecule has 1 aromatic carbocycles. The quantitative estimate of drug-likeness (QED) is 0.702. The van der Waals surface area contributed by atoms with E-state index in [0.717, 1.165) is 5.56 Å². The number of aliphatic carboxylic acids is 1. The average molecular weight is 373 g/mol. The molecule has 0 aliphatic rings. The fourth-order valence-electron chi connectivity index (χ4n) is 1.91. The van der Waals surface area contributed by atoms with Crippen LogP contribution >= 0.6 is 23.2 Å². The highest BCUT2D eigenvalue weighted by Gasteiger charge is 2.20. The van der Waals surface area contributed by atoms with Gasteiger partial charge >= 0.3 is 5.97 Å². The summed E-state index contributed by atoms with van der Waals surface area (Å²) in [6, 6.07) is 7.21. The average Bonchev–Trinajstić information content (AvgIpc) is 2.53. The monoisotopic (exact) mass is 372 g/mol. The minimum absolute atomic E-state index is 0.0994. The van der Waals surface area contributed by atoms with E-state index in [-0.39, 0.29) is 27.5 Å². The molecule has 5 nitrogen and oxygen atoms in total. The van der Waals surface area contributed by atoms with E-state index < -0.39 is 18.5 Å². The molecule has 0 aliphatic carbocycles. The molecule has 0 amide bonds. The number of benzene rings is 1. The van der Waals surface area contributed by atoms with Gasteiger partial charge in [-0.2, -0.15) is 9.37 Å². The molecule has 24 heavy (non-hydrogen) atoms. The Hall–Kier alpha value is -2.05. The molecular formula is C16H15Cl2FN2O3. The molecular weight excluding hydrogens is 358 g/mol. The van der Waals surface area contributed by atoms with Gasteiger partial charge in [-0.25, -0.2) is 0 Å². The number of rotatable bonds is 6. The Bertz CT molecular complexity index is 769. The maximum Gasteiger partial charge on any atom is 0.322 e. The van der Waals surface area contributed by atoms with Gasteiger partial charge in [-0.1, -0.05) is 49.2 Å². The highest BCUT2D eigenvalue weighted by molar-refractivity contribution is 6.38. The number of carboxylic acids is 1.